The number of carbonyl (C=O) groups is 1. The summed E-state index contributed by atoms with van der Waals surface area (Å²) >= 11 is 0. The van der Waals surface area contributed by atoms with Crippen LogP contribution in [0.25, 0.3) is 5.70 Å². The molecule has 4 rings (SSSR count). The Morgan fingerprint density at radius 3 is 2.83 bits per heavy atom. The average molecular weight is 328 g/mol. The molecule has 2 N–H and O–H groups in total. The van der Waals surface area contributed by atoms with E-state index in [0.29, 0.717) is 12.2 Å². The van der Waals surface area contributed by atoms with E-state index in [1.165, 1.54) is 23.2 Å². The molecule has 1 fully saturated rings. The second-order valence-corrected chi connectivity index (χ2v) is 5.70. The summed E-state index contributed by atoms with van der Waals surface area (Å²) in [5.41, 5.74) is 4.37. The van der Waals surface area contributed by atoms with Crippen LogP contribution in [0.3, 0.4) is 0 Å². The lowest BCUT2D eigenvalue weighted by molar-refractivity contribution is -0.130. The number of aromatic nitrogens is 1. The number of nitrogens with one attached hydrogen (secondary N) is 2. The molecule has 0 spiro atoms. The van der Waals surface area contributed by atoms with Crippen molar-refractivity contribution in [1.29, 1.82) is 0 Å². The molecule has 0 bridgehead atoms. The van der Waals surface area contributed by atoms with E-state index in [-0.39, 0.29) is 17.4 Å². The molecule has 1 aromatic carbocycles. The lowest BCUT2D eigenvalue weighted by Gasteiger charge is -2.33. The fraction of sp³-hybridized carbons (Fsp3) is 0.176. The summed E-state index contributed by atoms with van der Waals surface area (Å²) in [7, 11) is 0. The van der Waals surface area contributed by atoms with Crippen LogP contribution in [0.1, 0.15) is 17.2 Å². The number of hydrazine groups is 1. The van der Waals surface area contributed by atoms with Crippen molar-refractivity contribution < 1.29 is 13.6 Å². The molecule has 2 aliphatic heterocycles. The van der Waals surface area contributed by atoms with E-state index in [9.17, 15) is 13.6 Å². The maximum absolute atomic E-state index is 14.1. The highest BCUT2D eigenvalue weighted by Crippen LogP contribution is 2.30. The molecule has 2 aromatic rings. The van der Waals surface area contributed by atoms with E-state index in [0.717, 1.165) is 11.8 Å². The molecule has 3 heterocycles. The molecule has 24 heavy (non-hydrogen) atoms. The number of amides is 1. The summed E-state index contributed by atoms with van der Waals surface area (Å²) in [5, 5.41) is 4.65. The molecular weight excluding hydrogens is 314 g/mol. The van der Waals surface area contributed by atoms with Gasteiger partial charge in [0.1, 0.15) is 17.8 Å². The summed E-state index contributed by atoms with van der Waals surface area (Å²) in [6.45, 7) is 0.535. The van der Waals surface area contributed by atoms with Gasteiger partial charge in [-0.25, -0.2) is 14.2 Å². The molecule has 0 radical (unpaired) electrons. The first-order valence-electron chi connectivity index (χ1n) is 7.55. The first-order valence-corrected chi connectivity index (χ1v) is 7.55. The smallest absolute Gasteiger partial charge is 0.264 e. The van der Waals surface area contributed by atoms with Crippen LogP contribution in [0, 0.1) is 11.6 Å². The minimum absolute atomic E-state index is 0.0811. The molecule has 0 aliphatic carbocycles. The summed E-state index contributed by atoms with van der Waals surface area (Å²) in [6.07, 6.45) is 2.61. The molecule has 1 amide bonds. The lowest BCUT2D eigenvalue weighted by Crippen LogP contribution is -2.52. The summed E-state index contributed by atoms with van der Waals surface area (Å²) in [4.78, 5) is 16.7. The molecule has 122 valence electrons. The monoisotopic (exact) mass is 328 g/mol. The number of halogens is 2. The normalized spacial score (nSPS) is 22.8. The first kappa shape index (κ1) is 14.8. The Bertz CT molecular complexity index is 825. The molecule has 2 atom stereocenters. The van der Waals surface area contributed by atoms with Gasteiger partial charge in [0.2, 0.25) is 0 Å². The van der Waals surface area contributed by atoms with Gasteiger partial charge < -0.3 is 5.32 Å². The molecule has 1 aromatic heterocycles. The standard InChI is InChI=1S/C17H14F2N4O/c18-10-4-5-11(13(19)7-10)15-8-16(24)23-17(22-15)12(9-21-23)14-3-1-2-6-20-14/h1-8,12,17,21-22H,9H2. The Hall–Kier alpha value is -2.80. The Kier molecular flexibility index (Phi) is 3.50. The molecule has 5 nitrogen and oxygen atoms in total. The summed E-state index contributed by atoms with van der Waals surface area (Å²) < 4.78 is 27.2. The van der Waals surface area contributed by atoms with Crippen LogP contribution in [-0.4, -0.2) is 28.6 Å². The zero-order valence-corrected chi connectivity index (χ0v) is 12.5. The zero-order chi connectivity index (χ0) is 16.7. The summed E-state index contributed by atoms with van der Waals surface area (Å²) in [5.74, 6) is -1.73. The van der Waals surface area contributed by atoms with Crippen LogP contribution in [0.15, 0.2) is 48.7 Å². The number of nitrogens with zero attached hydrogens (tertiary/aromatic N) is 2. The largest absolute Gasteiger partial charge is 0.363 e. The molecule has 1 saturated heterocycles. The van der Waals surface area contributed by atoms with Crippen molar-refractivity contribution in [2.24, 2.45) is 0 Å². The van der Waals surface area contributed by atoms with Crippen molar-refractivity contribution in [2.45, 2.75) is 12.1 Å². The number of benzene rings is 1. The molecule has 7 heteroatoms. The maximum Gasteiger partial charge on any atom is 0.264 e. The van der Waals surface area contributed by atoms with Crippen molar-refractivity contribution in [3.63, 3.8) is 0 Å². The van der Waals surface area contributed by atoms with Crippen LogP contribution < -0.4 is 10.7 Å². The molecule has 2 unspecified atom stereocenters. The highest BCUT2D eigenvalue weighted by Gasteiger charge is 2.41. The quantitative estimate of drug-likeness (QED) is 0.882. The average Bonchev–Trinajstić information content (AvgIpc) is 3.00. The maximum atomic E-state index is 14.1. The van der Waals surface area contributed by atoms with Crippen LogP contribution in [0.5, 0.6) is 0 Å². The van der Waals surface area contributed by atoms with Crippen molar-refractivity contribution in [1.82, 2.24) is 20.7 Å². The molecule has 2 aliphatic rings. The van der Waals surface area contributed by atoms with E-state index in [1.54, 1.807) is 6.20 Å². The number of pyridine rings is 1. The van der Waals surface area contributed by atoms with Gasteiger partial charge in [-0.2, -0.15) is 0 Å². The highest BCUT2D eigenvalue weighted by molar-refractivity contribution is 5.96. The fourth-order valence-corrected chi connectivity index (χ4v) is 3.09. The topological polar surface area (TPSA) is 57.3 Å². The predicted molar refractivity (Wildman–Crippen MR) is 83.1 cm³/mol. The van der Waals surface area contributed by atoms with Crippen LogP contribution >= 0.6 is 0 Å². The minimum atomic E-state index is -0.713. The second kappa shape index (κ2) is 5.68. The first-order chi connectivity index (χ1) is 11.6. The van der Waals surface area contributed by atoms with Gasteiger partial charge in [-0.05, 0) is 24.3 Å². The van der Waals surface area contributed by atoms with Gasteiger partial charge >= 0.3 is 0 Å². The van der Waals surface area contributed by atoms with Gasteiger partial charge in [-0.3, -0.25) is 14.8 Å². The second-order valence-electron chi connectivity index (χ2n) is 5.70. The van der Waals surface area contributed by atoms with E-state index >= 15 is 0 Å². The molecular formula is C17H14F2N4O. The van der Waals surface area contributed by atoms with Gasteiger partial charge in [0, 0.05) is 36.1 Å². The van der Waals surface area contributed by atoms with Crippen molar-refractivity contribution in [3.05, 3.63) is 71.6 Å². The van der Waals surface area contributed by atoms with Gasteiger partial charge in [-0.1, -0.05) is 6.07 Å². The van der Waals surface area contributed by atoms with Crippen LogP contribution in [0.4, 0.5) is 8.78 Å². The number of rotatable bonds is 2. The number of hydrogen-bond acceptors (Lipinski definition) is 4. The Balaban J connectivity index is 1.68. The van der Waals surface area contributed by atoms with E-state index < -0.39 is 17.8 Å². The summed E-state index contributed by atoms with van der Waals surface area (Å²) in [6, 6.07) is 8.89. The Labute approximate surface area is 137 Å². The van der Waals surface area contributed by atoms with Crippen molar-refractivity contribution >= 4 is 11.6 Å². The Morgan fingerprint density at radius 2 is 2.08 bits per heavy atom. The highest BCUT2D eigenvalue weighted by atomic mass is 19.1. The predicted octanol–water partition coefficient (Wildman–Crippen LogP) is 1.76. The third kappa shape index (κ3) is 2.43. The van der Waals surface area contributed by atoms with E-state index in [1.807, 2.05) is 18.2 Å². The van der Waals surface area contributed by atoms with Crippen molar-refractivity contribution in [2.75, 3.05) is 6.54 Å². The number of hydrogen-bond donors (Lipinski definition) is 2. The van der Waals surface area contributed by atoms with Crippen LogP contribution in [-0.2, 0) is 4.79 Å². The Morgan fingerprint density at radius 1 is 1.21 bits per heavy atom. The third-order valence-corrected chi connectivity index (χ3v) is 4.24. The SMILES string of the molecule is O=C1C=C(c2ccc(F)cc2F)NC2C(c3ccccn3)CNN12. The number of fused-ring (bicyclic) bond motifs is 1. The van der Waals surface area contributed by atoms with Crippen molar-refractivity contribution in [3.8, 4) is 0 Å². The van der Waals surface area contributed by atoms with Gasteiger partial charge in [0.05, 0.1) is 11.6 Å². The number of carbonyl (C=O) groups excluding carboxylic acids is 1. The molecule has 0 saturated carbocycles. The minimum Gasteiger partial charge on any atom is -0.363 e. The zero-order valence-electron chi connectivity index (χ0n) is 12.5. The lowest BCUT2D eigenvalue weighted by atomic mass is 9.99. The van der Waals surface area contributed by atoms with E-state index in [4.69, 9.17) is 0 Å². The van der Waals surface area contributed by atoms with Gasteiger partial charge in [0.15, 0.2) is 0 Å². The van der Waals surface area contributed by atoms with Gasteiger partial charge in [-0.15, -0.1) is 0 Å². The van der Waals surface area contributed by atoms with Gasteiger partial charge in [0.25, 0.3) is 5.91 Å². The third-order valence-electron chi connectivity index (χ3n) is 4.24. The van der Waals surface area contributed by atoms with Crippen LogP contribution in [0.2, 0.25) is 0 Å². The van der Waals surface area contributed by atoms with E-state index in [2.05, 4.69) is 15.7 Å². The fourth-order valence-electron chi connectivity index (χ4n) is 3.09.